The number of hydrogen-bond donors (Lipinski definition) is 4. The van der Waals surface area contributed by atoms with Crippen molar-refractivity contribution in [1.82, 2.24) is 10.6 Å². The van der Waals surface area contributed by atoms with Crippen molar-refractivity contribution in [1.29, 1.82) is 0 Å². The molecule has 0 spiro atoms. The first kappa shape index (κ1) is 21.9. The first-order valence-electron chi connectivity index (χ1n) is 9.98. The molecule has 0 bridgehead atoms. The Kier molecular flexibility index (Phi) is 6.60. The Hall–Kier alpha value is -3.80. The number of rotatable bonds is 7. The van der Waals surface area contributed by atoms with Crippen LogP contribution < -0.4 is 10.6 Å². The summed E-state index contributed by atoms with van der Waals surface area (Å²) in [6.45, 7) is 4.04. The molecule has 3 rings (SSSR count). The summed E-state index contributed by atoms with van der Waals surface area (Å²) in [4.78, 5) is 23.5. The van der Waals surface area contributed by atoms with E-state index in [-0.39, 0.29) is 11.7 Å². The number of amides is 2. The van der Waals surface area contributed by atoms with Gasteiger partial charge in [0.15, 0.2) is 0 Å². The van der Waals surface area contributed by atoms with Crippen LogP contribution in [0.25, 0.3) is 11.1 Å². The van der Waals surface area contributed by atoms with Crippen LogP contribution in [-0.2, 0) is 13.0 Å². The number of carbonyl (C=O) groups excluding carboxylic acids is 1. The monoisotopic (exact) mass is 418 g/mol. The lowest BCUT2D eigenvalue weighted by Crippen LogP contribution is -2.44. The molecule has 0 fully saturated rings. The molecule has 4 N–H and O–H groups in total. The highest BCUT2D eigenvalue weighted by atomic mass is 16.4. The van der Waals surface area contributed by atoms with Crippen LogP contribution in [0, 0.1) is 0 Å². The number of carboxylic acid groups (broad SMARTS) is 1. The van der Waals surface area contributed by atoms with Gasteiger partial charge in [0.2, 0.25) is 0 Å². The number of phenolic OH excluding ortho intramolecular Hbond substituents is 1. The third-order valence-corrected chi connectivity index (χ3v) is 4.88. The first-order valence-corrected chi connectivity index (χ1v) is 9.98. The second-order valence-electron chi connectivity index (χ2n) is 8.12. The van der Waals surface area contributed by atoms with E-state index in [0.29, 0.717) is 18.5 Å². The summed E-state index contributed by atoms with van der Waals surface area (Å²) < 4.78 is 0. The number of hydrogen-bond acceptors (Lipinski definition) is 3. The molecule has 0 heterocycles. The molecule has 6 heteroatoms. The fourth-order valence-electron chi connectivity index (χ4n) is 3.45. The third kappa shape index (κ3) is 6.34. The van der Waals surface area contributed by atoms with Gasteiger partial charge in [-0.1, -0.05) is 48.5 Å². The number of benzene rings is 3. The minimum atomic E-state index is -1.05. The lowest BCUT2D eigenvalue weighted by molar-refractivity contribution is 0.0950. The molecule has 31 heavy (non-hydrogen) atoms. The summed E-state index contributed by atoms with van der Waals surface area (Å²) in [5.41, 5.74) is 3.82. The van der Waals surface area contributed by atoms with E-state index in [9.17, 15) is 14.7 Å². The standard InChI is InChI=1S/C25H26N2O4/c1-25(2,27-24(30)31)15-17-4-3-5-18(14-17)16-26-23(29)21-8-6-19(7-9-21)20-10-12-22(28)13-11-20/h3-14,27-28H,15-16H2,1-2H3,(H,26,29)(H,30,31). The fourth-order valence-corrected chi connectivity index (χ4v) is 3.45. The molecule has 160 valence electrons. The largest absolute Gasteiger partial charge is 0.508 e. The molecule has 3 aromatic carbocycles. The van der Waals surface area contributed by atoms with E-state index in [1.54, 1.807) is 24.3 Å². The molecular weight excluding hydrogens is 392 g/mol. The molecule has 0 aromatic heterocycles. The van der Waals surface area contributed by atoms with Crippen molar-refractivity contribution in [3.8, 4) is 16.9 Å². The summed E-state index contributed by atoms with van der Waals surface area (Å²) in [6.07, 6.45) is -0.510. The van der Waals surface area contributed by atoms with Crippen LogP contribution in [0.5, 0.6) is 5.75 Å². The summed E-state index contributed by atoms with van der Waals surface area (Å²) >= 11 is 0. The van der Waals surface area contributed by atoms with Gasteiger partial charge in [0, 0.05) is 17.6 Å². The van der Waals surface area contributed by atoms with Crippen LogP contribution in [0.4, 0.5) is 4.79 Å². The zero-order chi connectivity index (χ0) is 22.4. The second-order valence-corrected chi connectivity index (χ2v) is 8.12. The molecule has 2 amide bonds. The molecule has 0 aliphatic heterocycles. The van der Waals surface area contributed by atoms with Crippen LogP contribution in [0.3, 0.4) is 0 Å². The summed E-state index contributed by atoms with van der Waals surface area (Å²) in [6, 6.07) is 21.9. The summed E-state index contributed by atoms with van der Waals surface area (Å²) in [5, 5.41) is 23.8. The van der Waals surface area contributed by atoms with Crippen LogP contribution in [0.1, 0.15) is 35.3 Å². The summed E-state index contributed by atoms with van der Waals surface area (Å²) in [7, 11) is 0. The van der Waals surface area contributed by atoms with Crippen LogP contribution in [0.15, 0.2) is 72.8 Å². The van der Waals surface area contributed by atoms with E-state index >= 15 is 0 Å². The van der Waals surface area contributed by atoms with Gasteiger partial charge in [0.1, 0.15) is 5.75 Å². The van der Waals surface area contributed by atoms with Gasteiger partial charge in [-0.3, -0.25) is 4.79 Å². The maximum atomic E-state index is 12.5. The van der Waals surface area contributed by atoms with E-state index < -0.39 is 11.6 Å². The van der Waals surface area contributed by atoms with Gasteiger partial charge in [-0.15, -0.1) is 0 Å². The Morgan fingerprint density at radius 1 is 0.871 bits per heavy atom. The molecule has 0 unspecified atom stereocenters. The minimum absolute atomic E-state index is 0.171. The van der Waals surface area contributed by atoms with Gasteiger partial charge in [0.05, 0.1) is 0 Å². The predicted molar refractivity (Wildman–Crippen MR) is 120 cm³/mol. The van der Waals surface area contributed by atoms with Gasteiger partial charge in [0.25, 0.3) is 5.91 Å². The normalized spacial score (nSPS) is 11.0. The predicted octanol–water partition coefficient (Wildman–Crippen LogP) is 4.58. The Bertz CT molecular complexity index is 1060. The topological polar surface area (TPSA) is 98.7 Å². The molecule has 0 aliphatic carbocycles. The minimum Gasteiger partial charge on any atom is -0.508 e. The average Bonchev–Trinajstić information content (AvgIpc) is 2.71. The molecule has 0 radical (unpaired) electrons. The lowest BCUT2D eigenvalue weighted by atomic mass is 9.94. The maximum Gasteiger partial charge on any atom is 0.405 e. The van der Waals surface area contributed by atoms with E-state index in [2.05, 4.69) is 10.6 Å². The number of aromatic hydroxyl groups is 1. The highest BCUT2D eigenvalue weighted by molar-refractivity contribution is 5.94. The van der Waals surface area contributed by atoms with Crippen LogP contribution in [-0.4, -0.2) is 27.8 Å². The van der Waals surface area contributed by atoms with Crippen molar-refractivity contribution in [2.75, 3.05) is 0 Å². The highest BCUT2D eigenvalue weighted by Gasteiger charge is 2.20. The quantitative estimate of drug-likeness (QED) is 0.451. The molecular formula is C25H26N2O4. The van der Waals surface area contributed by atoms with Gasteiger partial charge in [-0.25, -0.2) is 4.79 Å². The Morgan fingerprint density at radius 2 is 1.45 bits per heavy atom. The molecule has 6 nitrogen and oxygen atoms in total. The zero-order valence-electron chi connectivity index (χ0n) is 17.6. The van der Waals surface area contributed by atoms with E-state index in [4.69, 9.17) is 5.11 Å². The Morgan fingerprint density at radius 3 is 2.06 bits per heavy atom. The SMILES string of the molecule is CC(C)(Cc1cccc(CNC(=O)c2ccc(-c3ccc(O)cc3)cc2)c1)NC(=O)O. The van der Waals surface area contributed by atoms with Crippen molar-refractivity contribution >= 4 is 12.0 Å². The molecule has 0 atom stereocenters. The van der Waals surface area contributed by atoms with Gasteiger partial charge in [-0.05, 0) is 66.8 Å². The number of carbonyl (C=O) groups is 2. The third-order valence-electron chi connectivity index (χ3n) is 4.88. The van der Waals surface area contributed by atoms with Gasteiger partial charge < -0.3 is 20.8 Å². The highest BCUT2D eigenvalue weighted by Crippen LogP contribution is 2.22. The molecule has 0 saturated carbocycles. The number of phenols is 1. The number of nitrogens with one attached hydrogen (secondary N) is 2. The Balaban J connectivity index is 1.60. The van der Waals surface area contributed by atoms with Crippen LogP contribution >= 0.6 is 0 Å². The second kappa shape index (κ2) is 9.34. The van der Waals surface area contributed by atoms with E-state index in [1.807, 2.05) is 62.4 Å². The van der Waals surface area contributed by atoms with Crippen molar-refractivity contribution in [3.63, 3.8) is 0 Å². The zero-order valence-corrected chi connectivity index (χ0v) is 17.6. The van der Waals surface area contributed by atoms with Crippen molar-refractivity contribution in [2.45, 2.75) is 32.4 Å². The molecule has 0 aliphatic rings. The average molecular weight is 418 g/mol. The van der Waals surface area contributed by atoms with E-state index in [0.717, 1.165) is 22.3 Å². The molecule has 0 saturated heterocycles. The maximum absolute atomic E-state index is 12.5. The van der Waals surface area contributed by atoms with Crippen molar-refractivity contribution in [3.05, 3.63) is 89.5 Å². The smallest absolute Gasteiger partial charge is 0.405 e. The van der Waals surface area contributed by atoms with Crippen molar-refractivity contribution in [2.24, 2.45) is 0 Å². The van der Waals surface area contributed by atoms with Crippen LogP contribution in [0.2, 0.25) is 0 Å². The van der Waals surface area contributed by atoms with Gasteiger partial charge in [-0.2, -0.15) is 0 Å². The Labute approximate surface area is 181 Å². The lowest BCUT2D eigenvalue weighted by Gasteiger charge is -2.24. The van der Waals surface area contributed by atoms with Gasteiger partial charge >= 0.3 is 6.09 Å². The van der Waals surface area contributed by atoms with E-state index in [1.165, 1.54) is 0 Å². The molecule has 3 aromatic rings. The fraction of sp³-hybridized carbons (Fsp3) is 0.200. The van der Waals surface area contributed by atoms with Crippen molar-refractivity contribution < 1.29 is 19.8 Å². The summed E-state index contributed by atoms with van der Waals surface area (Å²) in [5.74, 6) is 0.0427. The first-order chi connectivity index (χ1) is 14.7.